The summed E-state index contributed by atoms with van der Waals surface area (Å²) >= 11 is 0. The van der Waals surface area contributed by atoms with Crippen molar-refractivity contribution in [3.8, 4) is 0 Å². The van der Waals surface area contributed by atoms with Crippen molar-refractivity contribution in [2.75, 3.05) is 13.2 Å². The molecule has 3 rings (SSSR count). The summed E-state index contributed by atoms with van der Waals surface area (Å²) in [6.45, 7) is -2.11. The second kappa shape index (κ2) is 11.1. The first-order chi connectivity index (χ1) is 17.1. The molecule has 0 radical (unpaired) electrons. The van der Waals surface area contributed by atoms with Crippen LogP contribution < -0.4 is 11.2 Å². The topological polar surface area (TPSA) is 288 Å². The molecule has 1 aromatic heterocycles. The second-order valence-corrected chi connectivity index (χ2v) is 11.1. The molecular weight excluding hydrogens is 557 g/mol. The van der Waals surface area contributed by atoms with Gasteiger partial charge < -0.3 is 49.9 Å². The van der Waals surface area contributed by atoms with Gasteiger partial charge in [0.05, 0.1) is 13.2 Å². The monoisotopic (exact) mass is 580 g/mol. The minimum Gasteiger partial charge on any atom is -0.483 e. The van der Waals surface area contributed by atoms with Gasteiger partial charge >= 0.3 is 21.1 Å². The number of aliphatic hydroxyl groups is 6. The molecule has 0 aliphatic carbocycles. The van der Waals surface area contributed by atoms with Gasteiger partial charge in [-0.25, -0.2) is 13.7 Å². The Balaban J connectivity index is 1.69. The lowest BCUT2D eigenvalue weighted by Crippen LogP contribution is -2.40. The molecule has 0 aromatic carbocycles. The van der Waals surface area contributed by atoms with Crippen LogP contribution in [-0.2, 0) is 27.4 Å². The van der Waals surface area contributed by atoms with Crippen molar-refractivity contribution in [1.82, 2.24) is 9.55 Å². The maximum absolute atomic E-state index is 14.6. The van der Waals surface area contributed by atoms with Gasteiger partial charge in [0.2, 0.25) is 0 Å². The van der Waals surface area contributed by atoms with E-state index in [1.807, 2.05) is 4.98 Å². The van der Waals surface area contributed by atoms with Crippen molar-refractivity contribution in [1.29, 1.82) is 0 Å². The number of nitrogens with one attached hydrogen (secondary N) is 1. The fraction of sp³-hybridized carbons (Fsp3) is 0.625. The van der Waals surface area contributed by atoms with Crippen LogP contribution in [0.5, 0.6) is 0 Å². The molecule has 2 unspecified atom stereocenters. The normalized spacial score (nSPS) is 35.4. The zero-order valence-electron chi connectivity index (χ0n) is 18.3. The van der Waals surface area contributed by atoms with Crippen molar-refractivity contribution < 1.29 is 72.3 Å². The fourth-order valence-corrected chi connectivity index (χ4v) is 5.82. The molecule has 37 heavy (non-hydrogen) atoms. The lowest BCUT2D eigenvalue weighted by molar-refractivity contribution is -0.0632. The number of hydrogen-bond donors (Lipinski definition) is 9. The van der Waals surface area contributed by atoms with Crippen molar-refractivity contribution in [3.05, 3.63) is 44.4 Å². The second-order valence-electron chi connectivity index (χ2n) is 7.85. The van der Waals surface area contributed by atoms with E-state index in [9.17, 15) is 58.4 Å². The highest BCUT2D eigenvalue weighted by Crippen LogP contribution is 2.65. The summed E-state index contributed by atoms with van der Waals surface area (Å²) in [4.78, 5) is 44.5. The highest BCUT2D eigenvalue weighted by atomic mass is 31.3. The van der Waals surface area contributed by atoms with E-state index in [2.05, 4.69) is 13.6 Å². The molecule has 2 fully saturated rings. The third kappa shape index (κ3) is 6.26. The van der Waals surface area contributed by atoms with Gasteiger partial charge in [-0.15, -0.1) is 0 Å². The summed E-state index contributed by atoms with van der Waals surface area (Å²) in [5.41, 5.74) is -4.12. The molecule has 210 valence electrons. The minimum absolute atomic E-state index is 0.691. The molecule has 2 saturated heterocycles. The van der Waals surface area contributed by atoms with Crippen LogP contribution in [0.4, 0.5) is 4.39 Å². The molecule has 9 N–H and O–H groups in total. The van der Waals surface area contributed by atoms with Gasteiger partial charge in [0.15, 0.2) is 18.1 Å². The van der Waals surface area contributed by atoms with Gasteiger partial charge in [0, 0.05) is 12.3 Å². The van der Waals surface area contributed by atoms with Crippen LogP contribution in [-0.4, -0.2) is 106 Å². The Morgan fingerprint density at radius 3 is 2.41 bits per heavy atom. The molecule has 0 amide bonds. The molecule has 3 heterocycles. The Morgan fingerprint density at radius 2 is 1.81 bits per heavy atom. The summed E-state index contributed by atoms with van der Waals surface area (Å²) in [5.74, 6) is -1.41. The first-order valence-electron chi connectivity index (χ1n) is 10.2. The molecule has 2 aliphatic rings. The first kappa shape index (κ1) is 29.7. The molecule has 10 atom stereocenters. The van der Waals surface area contributed by atoms with E-state index < -0.39 is 100 Å². The van der Waals surface area contributed by atoms with Gasteiger partial charge in [-0.2, -0.15) is 4.39 Å². The van der Waals surface area contributed by atoms with Crippen molar-refractivity contribution >= 4 is 15.4 Å². The van der Waals surface area contributed by atoms with Gasteiger partial charge in [-0.05, 0) is 0 Å². The quantitative estimate of drug-likeness (QED) is 0.126. The first-order valence-corrected chi connectivity index (χ1v) is 13.2. The van der Waals surface area contributed by atoms with E-state index in [1.54, 1.807) is 0 Å². The Morgan fingerprint density at radius 1 is 1.16 bits per heavy atom. The van der Waals surface area contributed by atoms with Crippen molar-refractivity contribution in [2.45, 2.75) is 49.0 Å². The zero-order chi connectivity index (χ0) is 27.9. The number of rotatable bonds is 9. The van der Waals surface area contributed by atoms with Crippen LogP contribution in [0.15, 0.2) is 33.2 Å². The maximum Gasteiger partial charge on any atom is 0.479 e. The minimum atomic E-state index is -5.94. The molecule has 1 aromatic rings. The summed E-state index contributed by atoms with van der Waals surface area (Å²) in [6, 6.07) is 0.905. The highest BCUT2D eigenvalue weighted by molar-refractivity contribution is 7.66. The third-order valence-corrected chi connectivity index (χ3v) is 8.19. The summed E-state index contributed by atoms with van der Waals surface area (Å²) < 4.78 is 58.0. The summed E-state index contributed by atoms with van der Waals surface area (Å²) in [5, 5.41) is 58.3. The van der Waals surface area contributed by atoms with Crippen LogP contribution in [0.3, 0.4) is 0 Å². The number of halogens is 1. The van der Waals surface area contributed by atoms with E-state index in [0.29, 0.717) is 4.57 Å². The predicted molar refractivity (Wildman–Crippen MR) is 112 cm³/mol. The summed E-state index contributed by atoms with van der Waals surface area (Å²) in [6.07, 6.45) is -14.0. The Labute approximate surface area is 204 Å². The van der Waals surface area contributed by atoms with Crippen LogP contribution in [0.1, 0.15) is 6.23 Å². The van der Waals surface area contributed by atoms with Crippen molar-refractivity contribution in [2.24, 2.45) is 0 Å². The van der Waals surface area contributed by atoms with E-state index in [0.717, 1.165) is 12.3 Å². The Bertz CT molecular complexity index is 1240. The third-order valence-electron chi connectivity index (χ3n) is 5.29. The molecule has 0 saturated carbocycles. The lowest BCUT2D eigenvalue weighted by atomic mass is 10.1. The number of phosphoric acid groups is 1. The van der Waals surface area contributed by atoms with Crippen LogP contribution >= 0.6 is 15.4 Å². The zero-order valence-corrected chi connectivity index (χ0v) is 20.0. The Hall–Kier alpha value is -1.83. The van der Waals surface area contributed by atoms with Gasteiger partial charge in [0.25, 0.3) is 11.1 Å². The smallest absolute Gasteiger partial charge is 0.479 e. The van der Waals surface area contributed by atoms with Crippen LogP contribution in [0.25, 0.3) is 0 Å². The fourth-order valence-electron chi connectivity index (χ4n) is 3.43. The van der Waals surface area contributed by atoms with Gasteiger partial charge in [-0.3, -0.25) is 23.4 Å². The van der Waals surface area contributed by atoms with Gasteiger partial charge in [0.1, 0.15) is 36.6 Å². The van der Waals surface area contributed by atoms with E-state index >= 15 is 0 Å². The number of H-pyrrole nitrogens is 1. The molecule has 21 heteroatoms. The number of phosphoric ester groups is 1. The SMILES string of the molecule is O=c1ccn([C@@H]2O[C@H](COP(=O)(O)OP(=O)(O)/C(F)=C3\O[C@@H]([C@H](O)CO)[C@H](O)[C@H]3O)[C@@H](O)[C@H]2O)c(=O)[nH]1. The molecule has 0 spiro atoms. The van der Waals surface area contributed by atoms with Gasteiger partial charge in [-0.1, -0.05) is 0 Å². The number of hydrogen-bond acceptors (Lipinski definition) is 14. The van der Waals surface area contributed by atoms with Crippen LogP contribution in [0.2, 0.25) is 0 Å². The largest absolute Gasteiger partial charge is 0.483 e. The predicted octanol–water partition coefficient (Wildman–Crippen LogP) is -3.91. The standard InChI is InChI=1S/C16H23FN2O16P2/c17-14(13-10(25)9(24)12(34-13)5(21)3-20)36(28,29)35-37(30,31)32-4-6-8(23)11(26)15(33-6)19-2-1-7(22)18-16(19)27/h1-2,5-6,8-12,15,20-21,23-26H,3-4H2,(H,28,29)(H,30,31)(H,18,22,27)/b14-13-/t5-,6-,8-,9-,10-,11-,12+,15-/m1/s1. The van der Waals surface area contributed by atoms with Crippen LogP contribution in [0, 0.1) is 0 Å². The maximum atomic E-state index is 14.6. The number of aromatic nitrogens is 2. The van der Waals surface area contributed by atoms with E-state index in [-0.39, 0.29) is 0 Å². The van der Waals surface area contributed by atoms with Crippen molar-refractivity contribution in [3.63, 3.8) is 0 Å². The lowest BCUT2D eigenvalue weighted by Gasteiger charge is -2.20. The molecule has 18 nitrogen and oxygen atoms in total. The molecule has 2 aliphatic heterocycles. The summed E-state index contributed by atoms with van der Waals surface area (Å²) in [7, 11) is -11.6. The molecular formula is C16H23FN2O16P2. The van der Waals surface area contributed by atoms with E-state index in [4.69, 9.17) is 9.84 Å². The number of ether oxygens (including phenoxy) is 2. The van der Waals surface area contributed by atoms with E-state index in [1.165, 1.54) is 0 Å². The molecule has 0 bridgehead atoms. The average molecular weight is 580 g/mol. The highest BCUT2D eigenvalue weighted by Gasteiger charge is 2.50. The number of nitrogens with zero attached hydrogens (tertiary/aromatic N) is 1. The number of aliphatic hydroxyl groups excluding tert-OH is 6. The Kier molecular flexibility index (Phi) is 8.93. The number of aromatic amines is 1. The average Bonchev–Trinajstić information content (AvgIpc) is 3.26.